The molecular weight excluding hydrogens is 280 g/mol. The molecule has 1 aromatic rings. The van der Waals surface area contributed by atoms with Crippen molar-refractivity contribution in [2.75, 3.05) is 10.5 Å². The van der Waals surface area contributed by atoms with Gasteiger partial charge in [0, 0.05) is 12.5 Å². The Kier molecular flexibility index (Phi) is 4.82. The first-order valence-corrected chi connectivity index (χ1v) is 7.04. The number of aryl methyl sites for hydroxylation is 1. The van der Waals surface area contributed by atoms with Gasteiger partial charge in [0.15, 0.2) is 0 Å². The summed E-state index contributed by atoms with van der Waals surface area (Å²) >= 11 is 0. The first kappa shape index (κ1) is 15.4. The van der Waals surface area contributed by atoms with Gasteiger partial charge in [0.25, 0.3) is 0 Å². The van der Waals surface area contributed by atoms with Gasteiger partial charge in [-0.1, -0.05) is 0 Å². The lowest BCUT2D eigenvalue weighted by Crippen LogP contribution is -2.18. The van der Waals surface area contributed by atoms with E-state index in [0.29, 0.717) is 0 Å². The Bertz CT molecular complexity index is 587. The van der Waals surface area contributed by atoms with E-state index in [0.717, 1.165) is 12.1 Å². The van der Waals surface area contributed by atoms with Crippen molar-refractivity contribution in [1.82, 2.24) is 0 Å². The normalized spacial score (nSPS) is 11.3. The number of benzene rings is 1. The van der Waals surface area contributed by atoms with Gasteiger partial charge in [-0.15, -0.1) is 0 Å². The highest BCUT2D eigenvalue weighted by atomic mass is 32.2. The highest BCUT2D eigenvalue weighted by molar-refractivity contribution is 7.92. The van der Waals surface area contributed by atoms with Crippen LogP contribution in [-0.4, -0.2) is 25.2 Å². The molecule has 19 heavy (non-hydrogen) atoms. The summed E-state index contributed by atoms with van der Waals surface area (Å²) in [5, 5.41) is 8.39. The van der Waals surface area contributed by atoms with E-state index >= 15 is 0 Å². The SMILES string of the molecule is Cc1cc(F)c(NS(=O)(=O)CCCC(=O)O)cc1F. The lowest BCUT2D eigenvalue weighted by atomic mass is 10.2. The Hall–Kier alpha value is -1.70. The molecule has 0 aromatic heterocycles. The average Bonchev–Trinajstić information content (AvgIpc) is 2.24. The molecule has 0 aliphatic carbocycles. The minimum Gasteiger partial charge on any atom is -0.481 e. The summed E-state index contributed by atoms with van der Waals surface area (Å²) in [5.41, 5.74) is -0.426. The molecule has 0 fully saturated rings. The van der Waals surface area contributed by atoms with E-state index in [1.165, 1.54) is 6.92 Å². The molecule has 0 spiro atoms. The topological polar surface area (TPSA) is 83.5 Å². The Morgan fingerprint density at radius 3 is 2.53 bits per heavy atom. The summed E-state index contributed by atoms with van der Waals surface area (Å²) in [6.07, 6.45) is -0.424. The number of hydrogen-bond acceptors (Lipinski definition) is 3. The fourth-order valence-corrected chi connectivity index (χ4v) is 2.47. The van der Waals surface area contributed by atoms with Gasteiger partial charge < -0.3 is 5.11 Å². The Morgan fingerprint density at radius 1 is 1.32 bits per heavy atom. The van der Waals surface area contributed by atoms with E-state index < -0.39 is 39.1 Å². The van der Waals surface area contributed by atoms with Crippen LogP contribution in [0.15, 0.2) is 12.1 Å². The molecule has 0 atom stereocenters. The summed E-state index contributed by atoms with van der Waals surface area (Å²) in [6, 6.07) is 1.63. The van der Waals surface area contributed by atoms with Crippen LogP contribution in [0.25, 0.3) is 0 Å². The van der Waals surface area contributed by atoms with Gasteiger partial charge >= 0.3 is 5.97 Å². The van der Waals surface area contributed by atoms with Crippen LogP contribution in [0.5, 0.6) is 0 Å². The highest BCUT2D eigenvalue weighted by Crippen LogP contribution is 2.20. The fraction of sp³-hybridized carbons (Fsp3) is 0.364. The molecule has 0 saturated heterocycles. The minimum absolute atomic E-state index is 0.0614. The van der Waals surface area contributed by atoms with Gasteiger partial charge in [0.1, 0.15) is 11.6 Å². The van der Waals surface area contributed by atoms with Crippen molar-refractivity contribution in [2.45, 2.75) is 19.8 Å². The predicted molar refractivity (Wildman–Crippen MR) is 65.4 cm³/mol. The molecule has 0 bridgehead atoms. The number of rotatable bonds is 6. The summed E-state index contributed by atoms with van der Waals surface area (Å²) in [5.74, 6) is -3.22. The van der Waals surface area contributed by atoms with Crippen LogP contribution in [0.1, 0.15) is 18.4 Å². The zero-order chi connectivity index (χ0) is 14.6. The highest BCUT2D eigenvalue weighted by Gasteiger charge is 2.15. The molecule has 0 aliphatic rings. The van der Waals surface area contributed by atoms with Gasteiger partial charge in [-0.25, -0.2) is 17.2 Å². The zero-order valence-corrected chi connectivity index (χ0v) is 10.9. The number of halogens is 2. The monoisotopic (exact) mass is 293 g/mol. The lowest BCUT2D eigenvalue weighted by Gasteiger charge is -2.09. The second kappa shape index (κ2) is 5.96. The van der Waals surface area contributed by atoms with Crippen molar-refractivity contribution in [3.05, 3.63) is 29.3 Å². The van der Waals surface area contributed by atoms with Crippen molar-refractivity contribution >= 4 is 21.7 Å². The summed E-state index contributed by atoms with van der Waals surface area (Å²) in [7, 11) is -3.90. The van der Waals surface area contributed by atoms with Crippen LogP contribution in [0.4, 0.5) is 14.5 Å². The minimum atomic E-state index is -3.90. The number of carbonyl (C=O) groups is 1. The maximum Gasteiger partial charge on any atom is 0.303 e. The Balaban J connectivity index is 2.78. The molecule has 8 heteroatoms. The molecule has 1 aromatic carbocycles. The largest absolute Gasteiger partial charge is 0.481 e. The standard InChI is InChI=1S/C11H13F2NO4S/c1-7-5-9(13)10(6-8(7)12)14-19(17,18)4-2-3-11(15)16/h5-6,14H,2-4H2,1H3,(H,15,16). The summed E-state index contributed by atoms with van der Waals surface area (Å²) in [6.45, 7) is 1.35. The zero-order valence-electron chi connectivity index (χ0n) is 10.1. The van der Waals surface area contributed by atoms with Crippen molar-refractivity contribution < 1.29 is 27.1 Å². The van der Waals surface area contributed by atoms with E-state index in [1.807, 2.05) is 4.72 Å². The molecule has 0 heterocycles. The second-order valence-electron chi connectivity index (χ2n) is 4.00. The maximum atomic E-state index is 13.4. The van der Waals surface area contributed by atoms with Gasteiger partial charge in [0.05, 0.1) is 11.4 Å². The van der Waals surface area contributed by atoms with Crippen LogP contribution in [0.3, 0.4) is 0 Å². The molecule has 0 aliphatic heterocycles. The fourth-order valence-electron chi connectivity index (χ4n) is 1.36. The number of nitrogens with one attached hydrogen (secondary N) is 1. The molecule has 0 radical (unpaired) electrons. The quantitative estimate of drug-likeness (QED) is 0.839. The van der Waals surface area contributed by atoms with E-state index in [9.17, 15) is 22.0 Å². The third-order valence-corrected chi connectivity index (χ3v) is 3.67. The summed E-state index contributed by atoms with van der Waals surface area (Å²) in [4.78, 5) is 10.3. The van der Waals surface area contributed by atoms with Crippen molar-refractivity contribution in [3.63, 3.8) is 0 Å². The number of anilines is 1. The van der Waals surface area contributed by atoms with E-state index in [-0.39, 0.29) is 18.4 Å². The molecule has 0 unspecified atom stereocenters. The number of carboxylic acids is 1. The average molecular weight is 293 g/mol. The Labute approximate surface area is 109 Å². The van der Waals surface area contributed by atoms with E-state index in [2.05, 4.69) is 0 Å². The molecular formula is C11H13F2NO4S. The molecule has 5 nitrogen and oxygen atoms in total. The smallest absolute Gasteiger partial charge is 0.303 e. The third-order valence-electron chi connectivity index (χ3n) is 2.32. The van der Waals surface area contributed by atoms with E-state index in [4.69, 9.17) is 5.11 Å². The second-order valence-corrected chi connectivity index (χ2v) is 5.84. The number of aliphatic carboxylic acids is 1. The molecule has 2 N–H and O–H groups in total. The van der Waals surface area contributed by atoms with Crippen LogP contribution in [0, 0.1) is 18.6 Å². The third kappa shape index (κ3) is 4.82. The summed E-state index contributed by atoms with van der Waals surface area (Å²) < 4.78 is 51.6. The first-order chi connectivity index (χ1) is 8.71. The van der Waals surface area contributed by atoms with Crippen molar-refractivity contribution in [1.29, 1.82) is 0 Å². The van der Waals surface area contributed by atoms with Crippen LogP contribution in [-0.2, 0) is 14.8 Å². The van der Waals surface area contributed by atoms with Crippen molar-refractivity contribution in [3.8, 4) is 0 Å². The van der Waals surface area contributed by atoms with Gasteiger partial charge in [-0.05, 0) is 25.0 Å². The molecule has 0 amide bonds. The molecule has 106 valence electrons. The van der Waals surface area contributed by atoms with Crippen LogP contribution in [0.2, 0.25) is 0 Å². The van der Waals surface area contributed by atoms with Crippen LogP contribution < -0.4 is 4.72 Å². The molecule has 1 rings (SSSR count). The van der Waals surface area contributed by atoms with Gasteiger partial charge in [-0.2, -0.15) is 0 Å². The number of carboxylic acid groups (broad SMARTS) is 1. The maximum absolute atomic E-state index is 13.4. The lowest BCUT2D eigenvalue weighted by molar-refractivity contribution is -0.137. The van der Waals surface area contributed by atoms with Crippen LogP contribution >= 0.6 is 0 Å². The number of hydrogen-bond donors (Lipinski definition) is 2. The predicted octanol–water partition coefficient (Wildman–Crippen LogP) is 1.88. The first-order valence-electron chi connectivity index (χ1n) is 5.39. The van der Waals surface area contributed by atoms with Gasteiger partial charge in [-0.3, -0.25) is 9.52 Å². The molecule has 0 saturated carbocycles. The van der Waals surface area contributed by atoms with Gasteiger partial charge in [0.2, 0.25) is 10.0 Å². The van der Waals surface area contributed by atoms with E-state index in [1.54, 1.807) is 0 Å². The number of sulfonamides is 1. The Morgan fingerprint density at radius 2 is 1.95 bits per heavy atom. The van der Waals surface area contributed by atoms with Crippen molar-refractivity contribution in [2.24, 2.45) is 0 Å².